The average Bonchev–Trinajstić information content (AvgIpc) is 3.21. The highest BCUT2D eigenvalue weighted by Crippen LogP contribution is 2.28. The predicted octanol–water partition coefficient (Wildman–Crippen LogP) is 5.86. The lowest BCUT2D eigenvalue weighted by molar-refractivity contribution is -0.129. The fraction of sp³-hybridized carbons (Fsp3) is 0.433. The van der Waals surface area contributed by atoms with Crippen LogP contribution in [0.25, 0.3) is 17.2 Å². The lowest BCUT2D eigenvalue weighted by atomic mass is 9.87. The third kappa shape index (κ3) is 7.03. The topological polar surface area (TPSA) is 113 Å². The summed E-state index contributed by atoms with van der Waals surface area (Å²) in [5, 5.41) is 12.7. The molecule has 1 aliphatic heterocycles. The molecule has 1 saturated heterocycles. The van der Waals surface area contributed by atoms with Crippen molar-refractivity contribution in [3.63, 3.8) is 0 Å². The fourth-order valence-corrected chi connectivity index (χ4v) is 4.89. The number of anilines is 2. The number of nitriles is 1. The minimum Gasteiger partial charge on any atom is -0.361 e. The van der Waals surface area contributed by atoms with Gasteiger partial charge < -0.3 is 19.5 Å². The molecule has 0 unspecified atom stereocenters. The van der Waals surface area contributed by atoms with Gasteiger partial charge in [0.2, 0.25) is 0 Å². The predicted molar refractivity (Wildman–Crippen MR) is 160 cm³/mol. The largest absolute Gasteiger partial charge is 0.361 e. The van der Waals surface area contributed by atoms with Crippen molar-refractivity contribution >= 4 is 48.5 Å². The summed E-state index contributed by atoms with van der Waals surface area (Å²) in [5.74, 6) is 0.261. The van der Waals surface area contributed by atoms with Crippen LogP contribution in [0.2, 0.25) is 25.7 Å². The molecule has 0 radical (unpaired) electrons. The summed E-state index contributed by atoms with van der Waals surface area (Å²) in [6.45, 7) is 15.0. The molecule has 1 aromatic carbocycles. The van der Waals surface area contributed by atoms with Crippen molar-refractivity contribution in [2.24, 2.45) is 5.41 Å². The monoisotopic (exact) mass is 558 g/mol. The number of nitrogens with one attached hydrogen (secondary N) is 1. The van der Waals surface area contributed by atoms with Crippen LogP contribution in [0.1, 0.15) is 43.1 Å². The van der Waals surface area contributed by atoms with Gasteiger partial charge in [-0.1, -0.05) is 52.5 Å². The molecule has 0 aliphatic carbocycles. The van der Waals surface area contributed by atoms with Gasteiger partial charge in [0, 0.05) is 45.1 Å². The normalized spacial score (nSPS) is 14.1. The van der Waals surface area contributed by atoms with Gasteiger partial charge >= 0.3 is 0 Å². The Bertz CT molecular complexity index is 1470. The molecule has 4 rings (SSSR count). The number of nitrogens with zero attached hydrogens (tertiary/aromatic N) is 5. The van der Waals surface area contributed by atoms with Crippen molar-refractivity contribution in [2.75, 3.05) is 25.0 Å². The number of hydrogen-bond acceptors (Lipinski definition) is 7. The van der Waals surface area contributed by atoms with E-state index in [-0.39, 0.29) is 17.3 Å². The number of ether oxygens (including phenoxy) is 1. The summed E-state index contributed by atoms with van der Waals surface area (Å²) in [6.07, 6.45) is 6.02. The molecule has 2 aromatic heterocycles. The van der Waals surface area contributed by atoms with E-state index in [1.54, 1.807) is 23.4 Å². The number of hydrogen-bond donors (Lipinski definition) is 1. The van der Waals surface area contributed by atoms with Crippen molar-refractivity contribution in [1.29, 1.82) is 5.26 Å². The van der Waals surface area contributed by atoms with Crippen LogP contribution in [-0.2, 0) is 16.3 Å². The first-order chi connectivity index (χ1) is 18.9. The van der Waals surface area contributed by atoms with E-state index < -0.39 is 13.5 Å². The van der Waals surface area contributed by atoms with Gasteiger partial charge in [0.15, 0.2) is 11.4 Å². The van der Waals surface area contributed by atoms with Crippen LogP contribution >= 0.6 is 0 Å². The van der Waals surface area contributed by atoms with Gasteiger partial charge in [-0.3, -0.25) is 9.59 Å². The number of aromatic nitrogens is 3. The van der Waals surface area contributed by atoms with Gasteiger partial charge in [-0.2, -0.15) is 5.26 Å². The Kier molecular flexibility index (Phi) is 8.56. The van der Waals surface area contributed by atoms with Crippen molar-refractivity contribution in [1.82, 2.24) is 19.4 Å². The molecule has 1 aliphatic rings. The molecule has 10 heteroatoms. The van der Waals surface area contributed by atoms with Crippen LogP contribution in [0.4, 0.5) is 11.5 Å². The maximum atomic E-state index is 13.3. The first-order valence-corrected chi connectivity index (χ1v) is 17.3. The van der Waals surface area contributed by atoms with E-state index >= 15 is 0 Å². The zero-order valence-electron chi connectivity index (χ0n) is 24.2. The Morgan fingerprint density at radius 3 is 2.45 bits per heavy atom. The average molecular weight is 559 g/mol. The number of amides is 1. The number of Topliss-reactive ketones (excluding diaryl/α,β-unsaturated/α-hetero) is 1. The van der Waals surface area contributed by atoms with Gasteiger partial charge in [0.25, 0.3) is 5.91 Å². The molecule has 40 heavy (non-hydrogen) atoms. The molecule has 3 aromatic rings. The number of rotatable bonds is 10. The Labute approximate surface area is 236 Å². The van der Waals surface area contributed by atoms with Crippen molar-refractivity contribution in [2.45, 2.75) is 59.6 Å². The Hall–Kier alpha value is -3.81. The zero-order chi connectivity index (χ0) is 29.1. The molecule has 0 spiro atoms. The summed E-state index contributed by atoms with van der Waals surface area (Å²) in [7, 11) is -1.21. The second-order valence-corrected chi connectivity index (χ2v) is 18.1. The molecule has 0 bridgehead atoms. The van der Waals surface area contributed by atoms with Crippen molar-refractivity contribution in [3.8, 4) is 6.07 Å². The van der Waals surface area contributed by atoms with Crippen molar-refractivity contribution < 1.29 is 14.3 Å². The van der Waals surface area contributed by atoms with Crippen LogP contribution in [-0.4, -0.2) is 58.9 Å². The van der Waals surface area contributed by atoms with Crippen LogP contribution in [0.5, 0.6) is 0 Å². The SMILES string of the molecule is CC(C)(C)C(=O)c1cn(COCC[Si](C)(C)C)c2ncc(Nc3ccc(/C=C(\C#N)C(=O)N4CCC4)cc3)nc12. The molecule has 210 valence electrons. The van der Waals surface area contributed by atoms with Crippen molar-refractivity contribution in [3.05, 3.63) is 53.4 Å². The molecule has 1 amide bonds. The smallest absolute Gasteiger partial charge is 0.264 e. The van der Waals surface area contributed by atoms with Crippen LogP contribution < -0.4 is 5.32 Å². The minimum absolute atomic E-state index is 0.0120. The third-order valence-electron chi connectivity index (χ3n) is 6.71. The number of benzene rings is 1. The van der Waals surface area contributed by atoms with E-state index in [0.717, 1.165) is 23.7 Å². The third-order valence-corrected chi connectivity index (χ3v) is 8.41. The number of carbonyl (C=O) groups is 2. The molecular weight excluding hydrogens is 520 g/mol. The van der Waals surface area contributed by atoms with Gasteiger partial charge in [-0.15, -0.1) is 0 Å². The number of carbonyl (C=O) groups excluding carboxylic acids is 2. The number of fused-ring (bicyclic) bond motifs is 1. The number of likely N-dealkylation sites (tertiary alicyclic amines) is 1. The molecule has 3 heterocycles. The molecule has 0 atom stereocenters. The molecular formula is C30H38N6O3Si. The highest BCUT2D eigenvalue weighted by atomic mass is 28.3. The summed E-state index contributed by atoms with van der Waals surface area (Å²) in [5.41, 5.74) is 2.71. The summed E-state index contributed by atoms with van der Waals surface area (Å²) in [6, 6.07) is 10.4. The Balaban J connectivity index is 1.55. The quantitative estimate of drug-likeness (QED) is 0.109. The summed E-state index contributed by atoms with van der Waals surface area (Å²) < 4.78 is 7.80. The van der Waals surface area contributed by atoms with Gasteiger partial charge in [0.1, 0.15) is 29.7 Å². The Morgan fingerprint density at radius 2 is 1.88 bits per heavy atom. The lowest BCUT2D eigenvalue weighted by Crippen LogP contribution is -2.42. The maximum Gasteiger partial charge on any atom is 0.264 e. The van der Waals surface area contributed by atoms with E-state index in [0.29, 0.717) is 49.0 Å². The van der Waals surface area contributed by atoms with Gasteiger partial charge in [0.05, 0.1) is 11.8 Å². The van der Waals surface area contributed by atoms with E-state index in [1.165, 1.54) is 0 Å². The van der Waals surface area contributed by atoms with Crippen LogP contribution in [0, 0.1) is 16.7 Å². The lowest BCUT2D eigenvalue weighted by Gasteiger charge is -2.30. The zero-order valence-corrected chi connectivity index (χ0v) is 25.2. The fourth-order valence-electron chi connectivity index (χ4n) is 4.13. The second-order valence-electron chi connectivity index (χ2n) is 12.4. The van der Waals surface area contributed by atoms with Gasteiger partial charge in [-0.05, 0) is 36.2 Å². The second kappa shape index (κ2) is 11.7. The van der Waals surface area contributed by atoms with Crippen LogP contribution in [0.15, 0.2) is 42.2 Å². The first-order valence-electron chi connectivity index (χ1n) is 13.6. The van der Waals surface area contributed by atoms with Gasteiger partial charge in [-0.25, -0.2) is 9.97 Å². The maximum absolute atomic E-state index is 13.3. The van der Waals surface area contributed by atoms with Crippen LogP contribution in [0.3, 0.4) is 0 Å². The minimum atomic E-state index is -1.21. The highest BCUT2D eigenvalue weighted by Gasteiger charge is 2.28. The molecule has 9 nitrogen and oxygen atoms in total. The first kappa shape index (κ1) is 29.2. The molecule has 0 saturated carbocycles. The Morgan fingerprint density at radius 1 is 1.18 bits per heavy atom. The van der Waals surface area contributed by atoms with E-state index in [2.05, 4.69) is 29.9 Å². The summed E-state index contributed by atoms with van der Waals surface area (Å²) >= 11 is 0. The van der Waals surface area contributed by atoms with E-state index in [4.69, 9.17) is 9.72 Å². The number of ketones is 1. The van der Waals surface area contributed by atoms with E-state index in [9.17, 15) is 14.9 Å². The summed E-state index contributed by atoms with van der Waals surface area (Å²) in [4.78, 5) is 36.8. The standard InChI is InChI=1S/C30H38N6O3Si/c1-30(2,3)27(37)24-19-36(20-39-14-15-40(4,5)6)28-26(24)34-25(18-32-28)33-23-10-8-21(9-11-23)16-22(17-31)29(38)35-12-7-13-35/h8-11,16,18-19H,7,12-15,20H2,1-6H3,(H,33,34)/b22-16+. The highest BCUT2D eigenvalue weighted by molar-refractivity contribution is 6.76. The molecule has 1 fully saturated rings. The van der Waals surface area contributed by atoms with E-state index in [1.807, 2.05) is 55.7 Å². The molecule has 1 N–H and O–H groups in total.